The summed E-state index contributed by atoms with van der Waals surface area (Å²) in [4.78, 5) is 25.9. The molecule has 1 fully saturated rings. The van der Waals surface area contributed by atoms with Crippen LogP contribution >= 0.6 is 0 Å². The molecule has 0 unspecified atom stereocenters. The van der Waals surface area contributed by atoms with Crippen molar-refractivity contribution in [3.63, 3.8) is 0 Å². The first-order valence-electron chi connectivity index (χ1n) is 7.94. The Kier molecular flexibility index (Phi) is 5.47. The number of amides is 3. The fraction of sp³-hybridized carbons (Fsp3) is 0.529. The van der Waals surface area contributed by atoms with Gasteiger partial charge in [-0.3, -0.25) is 0 Å². The third-order valence-corrected chi connectivity index (χ3v) is 3.45. The van der Waals surface area contributed by atoms with Crippen molar-refractivity contribution in [1.29, 1.82) is 0 Å². The van der Waals surface area contributed by atoms with Crippen molar-refractivity contribution in [3.8, 4) is 0 Å². The lowest BCUT2D eigenvalue weighted by Gasteiger charge is -2.33. The highest BCUT2D eigenvalue weighted by atomic mass is 16.6. The minimum Gasteiger partial charge on any atom is -0.444 e. The van der Waals surface area contributed by atoms with Crippen molar-refractivity contribution < 1.29 is 14.3 Å². The van der Waals surface area contributed by atoms with Gasteiger partial charge in [0.25, 0.3) is 0 Å². The second-order valence-electron chi connectivity index (χ2n) is 6.73. The normalized spacial score (nSPS) is 18.2. The van der Waals surface area contributed by atoms with E-state index in [-0.39, 0.29) is 12.1 Å². The molecule has 2 rings (SSSR count). The van der Waals surface area contributed by atoms with Gasteiger partial charge in [0.15, 0.2) is 0 Å². The Morgan fingerprint density at radius 2 is 1.91 bits per heavy atom. The number of anilines is 1. The highest BCUT2D eigenvalue weighted by molar-refractivity contribution is 5.89. The van der Waals surface area contributed by atoms with Gasteiger partial charge < -0.3 is 20.3 Å². The predicted octanol–water partition coefficient (Wildman–Crippen LogP) is 3.21. The van der Waals surface area contributed by atoms with Crippen LogP contribution in [0.5, 0.6) is 0 Å². The Morgan fingerprint density at radius 1 is 1.22 bits per heavy atom. The molecule has 3 amide bonds. The molecule has 1 heterocycles. The Labute approximate surface area is 137 Å². The molecule has 1 aromatic rings. The first kappa shape index (κ1) is 17.1. The number of nitrogens with zero attached hydrogens (tertiary/aromatic N) is 1. The van der Waals surface area contributed by atoms with E-state index in [1.165, 1.54) is 0 Å². The van der Waals surface area contributed by atoms with Gasteiger partial charge in [-0.2, -0.15) is 0 Å². The number of para-hydroxylation sites is 1. The van der Waals surface area contributed by atoms with Crippen LogP contribution in [0.1, 0.15) is 33.6 Å². The number of ether oxygens (including phenoxy) is 1. The molecule has 126 valence electrons. The number of benzene rings is 1. The summed E-state index contributed by atoms with van der Waals surface area (Å²) in [6.07, 6.45) is 1.25. The second-order valence-corrected chi connectivity index (χ2v) is 6.73. The third-order valence-electron chi connectivity index (χ3n) is 3.45. The van der Waals surface area contributed by atoms with E-state index in [1.54, 1.807) is 4.90 Å². The lowest BCUT2D eigenvalue weighted by Crippen LogP contribution is -2.51. The van der Waals surface area contributed by atoms with E-state index in [2.05, 4.69) is 10.6 Å². The Balaban J connectivity index is 1.85. The number of nitrogens with one attached hydrogen (secondary N) is 2. The van der Waals surface area contributed by atoms with Crippen LogP contribution in [0, 0.1) is 0 Å². The Morgan fingerprint density at radius 3 is 2.57 bits per heavy atom. The number of urea groups is 1. The lowest BCUT2D eigenvalue weighted by molar-refractivity contribution is 0.0480. The molecule has 0 saturated carbocycles. The molecular formula is C17H25N3O3. The Bertz CT molecular complexity index is 540. The molecule has 2 N–H and O–H groups in total. The highest BCUT2D eigenvalue weighted by Crippen LogP contribution is 2.14. The second kappa shape index (κ2) is 7.35. The van der Waals surface area contributed by atoms with Crippen molar-refractivity contribution in [2.75, 3.05) is 18.4 Å². The minimum absolute atomic E-state index is 0.0832. The quantitative estimate of drug-likeness (QED) is 0.879. The Hall–Kier alpha value is -2.24. The number of hydrogen-bond acceptors (Lipinski definition) is 3. The highest BCUT2D eigenvalue weighted by Gasteiger charge is 2.26. The molecular weight excluding hydrogens is 294 g/mol. The van der Waals surface area contributed by atoms with E-state index >= 15 is 0 Å². The summed E-state index contributed by atoms with van der Waals surface area (Å²) < 4.78 is 5.26. The van der Waals surface area contributed by atoms with Crippen molar-refractivity contribution in [2.24, 2.45) is 0 Å². The molecule has 1 aliphatic heterocycles. The number of rotatable bonds is 2. The van der Waals surface area contributed by atoms with Gasteiger partial charge in [0.05, 0.1) is 0 Å². The number of piperidine rings is 1. The van der Waals surface area contributed by atoms with E-state index < -0.39 is 11.7 Å². The summed E-state index contributed by atoms with van der Waals surface area (Å²) in [5.41, 5.74) is 0.239. The summed E-state index contributed by atoms with van der Waals surface area (Å²) in [7, 11) is 0. The van der Waals surface area contributed by atoms with Crippen molar-refractivity contribution in [3.05, 3.63) is 30.3 Å². The summed E-state index contributed by atoms with van der Waals surface area (Å²) >= 11 is 0. The number of hydrogen-bond donors (Lipinski definition) is 2. The maximum Gasteiger partial charge on any atom is 0.407 e. The van der Waals surface area contributed by atoms with Crippen molar-refractivity contribution >= 4 is 17.8 Å². The monoisotopic (exact) mass is 319 g/mol. The fourth-order valence-corrected chi connectivity index (χ4v) is 2.48. The zero-order valence-electron chi connectivity index (χ0n) is 14.0. The molecule has 0 aliphatic carbocycles. The van der Waals surface area contributed by atoms with Gasteiger partial charge in [0.1, 0.15) is 5.60 Å². The first-order valence-corrected chi connectivity index (χ1v) is 7.94. The molecule has 6 nitrogen and oxygen atoms in total. The SMILES string of the molecule is CC(C)(C)OC(=O)N[C@@H]1CCCN(C(=O)Nc2ccccc2)C1. The van der Waals surface area contributed by atoms with E-state index in [0.29, 0.717) is 13.1 Å². The van der Waals surface area contributed by atoms with E-state index in [4.69, 9.17) is 4.74 Å². The van der Waals surface area contributed by atoms with Gasteiger partial charge in [-0.05, 0) is 45.7 Å². The largest absolute Gasteiger partial charge is 0.444 e. The van der Waals surface area contributed by atoms with E-state index in [9.17, 15) is 9.59 Å². The molecule has 1 atom stereocenters. The van der Waals surface area contributed by atoms with Crippen LogP contribution < -0.4 is 10.6 Å². The van der Waals surface area contributed by atoms with E-state index in [0.717, 1.165) is 18.5 Å². The molecule has 0 aromatic heterocycles. The lowest BCUT2D eigenvalue weighted by atomic mass is 10.1. The van der Waals surface area contributed by atoms with Crippen LogP contribution in [0.4, 0.5) is 15.3 Å². The molecule has 23 heavy (non-hydrogen) atoms. The third kappa shape index (κ3) is 5.81. The number of carbonyl (C=O) groups excluding carboxylic acids is 2. The fourth-order valence-electron chi connectivity index (χ4n) is 2.48. The number of carbonyl (C=O) groups is 2. The summed E-state index contributed by atoms with van der Waals surface area (Å²) in [6, 6.07) is 9.11. The van der Waals surface area contributed by atoms with Gasteiger partial charge in [0.2, 0.25) is 0 Å². The van der Waals surface area contributed by atoms with Crippen LogP contribution in [0.3, 0.4) is 0 Å². The van der Waals surface area contributed by atoms with Crippen LogP contribution in [-0.4, -0.2) is 41.8 Å². The zero-order chi connectivity index (χ0) is 16.9. The molecule has 1 saturated heterocycles. The predicted molar refractivity (Wildman–Crippen MR) is 89.4 cm³/mol. The van der Waals surface area contributed by atoms with Crippen LogP contribution in [0.25, 0.3) is 0 Å². The van der Waals surface area contributed by atoms with Crippen molar-refractivity contribution in [2.45, 2.75) is 45.3 Å². The molecule has 1 aliphatic rings. The average molecular weight is 319 g/mol. The maximum absolute atomic E-state index is 12.3. The van der Waals surface area contributed by atoms with Gasteiger partial charge in [0, 0.05) is 24.8 Å². The standard InChI is InChI=1S/C17H25N3O3/c1-17(2,3)23-16(22)19-14-10-7-11-20(12-14)15(21)18-13-8-5-4-6-9-13/h4-6,8-9,14H,7,10-12H2,1-3H3,(H,18,21)(H,19,22)/t14-/m1/s1. The van der Waals surface area contributed by atoms with Gasteiger partial charge in [-0.15, -0.1) is 0 Å². The number of alkyl carbamates (subject to hydrolysis) is 1. The van der Waals surface area contributed by atoms with Crippen LogP contribution in [0.15, 0.2) is 30.3 Å². The van der Waals surface area contributed by atoms with Crippen molar-refractivity contribution in [1.82, 2.24) is 10.2 Å². The molecule has 0 spiro atoms. The smallest absolute Gasteiger partial charge is 0.407 e. The topological polar surface area (TPSA) is 70.7 Å². The van der Waals surface area contributed by atoms with Gasteiger partial charge >= 0.3 is 12.1 Å². The first-order chi connectivity index (χ1) is 10.8. The van der Waals surface area contributed by atoms with Gasteiger partial charge in [-0.1, -0.05) is 18.2 Å². The molecule has 6 heteroatoms. The minimum atomic E-state index is -0.525. The molecule has 1 aromatic carbocycles. The summed E-state index contributed by atoms with van der Waals surface area (Å²) in [5.74, 6) is 0. The summed E-state index contributed by atoms with van der Waals surface area (Å²) in [6.45, 7) is 6.65. The molecule has 0 bridgehead atoms. The average Bonchev–Trinajstić information content (AvgIpc) is 2.46. The number of likely N-dealkylation sites (tertiary alicyclic amines) is 1. The summed E-state index contributed by atoms with van der Waals surface area (Å²) in [5, 5.41) is 5.71. The molecule has 0 radical (unpaired) electrons. The van der Waals surface area contributed by atoms with Crippen LogP contribution in [0.2, 0.25) is 0 Å². The van der Waals surface area contributed by atoms with Gasteiger partial charge in [-0.25, -0.2) is 9.59 Å². The maximum atomic E-state index is 12.3. The zero-order valence-corrected chi connectivity index (χ0v) is 14.0. The van der Waals surface area contributed by atoms with E-state index in [1.807, 2.05) is 51.1 Å². The van der Waals surface area contributed by atoms with Crippen LogP contribution in [-0.2, 0) is 4.74 Å².